The second kappa shape index (κ2) is 10.8. The Bertz CT molecular complexity index is 2820. The molecule has 0 aliphatic heterocycles. The van der Waals surface area contributed by atoms with E-state index in [1.54, 1.807) is 0 Å². The van der Waals surface area contributed by atoms with Crippen LogP contribution in [0.25, 0.3) is 92.1 Å². The lowest BCUT2D eigenvalue weighted by Gasteiger charge is -2.12. The van der Waals surface area contributed by atoms with E-state index in [1.165, 1.54) is 69.6 Å². The van der Waals surface area contributed by atoms with Gasteiger partial charge >= 0.3 is 0 Å². The Morgan fingerprint density at radius 2 is 1.06 bits per heavy atom. The van der Waals surface area contributed by atoms with Crippen LogP contribution in [0.5, 0.6) is 0 Å². The lowest BCUT2D eigenvalue weighted by atomic mass is 9.96. The zero-order chi connectivity index (χ0) is 31.6. The molecule has 0 atom stereocenters. The number of hydrogen-bond acceptors (Lipinski definition) is 2. The molecule has 2 nitrogen and oxygen atoms in total. The van der Waals surface area contributed by atoms with Crippen molar-refractivity contribution in [3.63, 3.8) is 0 Å². The monoisotopic (exact) mass is 628 g/mol. The molecule has 3 heterocycles. The first kappa shape index (κ1) is 27.1. The summed E-state index contributed by atoms with van der Waals surface area (Å²) >= 11 is 1.91. The van der Waals surface area contributed by atoms with E-state index in [0.29, 0.717) is 0 Å². The number of pyridine rings is 1. The van der Waals surface area contributed by atoms with Crippen molar-refractivity contribution in [3.05, 3.63) is 170 Å². The highest BCUT2D eigenvalue weighted by atomic mass is 32.1. The molecule has 10 rings (SSSR count). The molecule has 224 valence electrons. The van der Waals surface area contributed by atoms with Crippen molar-refractivity contribution < 1.29 is 0 Å². The van der Waals surface area contributed by atoms with Gasteiger partial charge in [0.2, 0.25) is 0 Å². The Morgan fingerprint density at radius 1 is 0.417 bits per heavy atom. The largest absolute Gasteiger partial charge is 0.309 e. The van der Waals surface area contributed by atoms with Gasteiger partial charge in [-0.15, -0.1) is 11.3 Å². The van der Waals surface area contributed by atoms with Crippen molar-refractivity contribution >= 4 is 64.1 Å². The molecule has 0 radical (unpaired) electrons. The van der Waals surface area contributed by atoms with Gasteiger partial charge in [0.25, 0.3) is 0 Å². The average molecular weight is 629 g/mol. The molecule has 0 bridgehead atoms. The molecular weight excluding hydrogens is 601 g/mol. The molecule has 3 aromatic heterocycles. The normalized spacial score (nSPS) is 11.8. The Labute approximate surface area is 281 Å². The fourth-order valence-electron chi connectivity index (χ4n) is 7.42. The van der Waals surface area contributed by atoms with Crippen LogP contribution >= 0.6 is 11.3 Å². The van der Waals surface area contributed by atoms with Crippen molar-refractivity contribution in [2.75, 3.05) is 0 Å². The molecule has 0 aliphatic rings. The third kappa shape index (κ3) is 4.15. The van der Waals surface area contributed by atoms with E-state index in [4.69, 9.17) is 4.98 Å². The topological polar surface area (TPSA) is 17.8 Å². The average Bonchev–Trinajstić information content (AvgIpc) is 3.71. The summed E-state index contributed by atoms with van der Waals surface area (Å²) in [7, 11) is 0. The van der Waals surface area contributed by atoms with Crippen LogP contribution in [-0.2, 0) is 0 Å². The van der Waals surface area contributed by atoms with Crippen LogP contribution in [0.3, 0.4) is 0 Å². The van der Waals surface area contributed by atoms with Crippen molar-refractivity contribution in [1.82, 2.24) is 9.55 Å². The lowest BCUT2D eigenvalue weighted by Crippen LogP contribution is -1.92. The van der Waals surface area contributed by atoms with Crippen LogP contribution in [0.15, 0.2) is 170 Å². The Morgan fingerprint density at radius 3 is 1.94 bits per heavy atom. The van der Waals surface area contributed by atoms with Crippen molar-refractivity contribution in [2.24, 2.45) is 0 Å². The molecule has 0 spiro atoms. The molecule has 0 aliphatic carbocycles. The van der Waals surface area contributed by atoms with Crippen molar-refractivity contribution in [2.45, 2.75) is 0 Å². The van der Waals surface area contributed by atoms with Gasteiger partial charge in [0.05, 0.1) is 22.4 Å². The molecule has 0 unspecified atom stereocenters. The summed E-state index contributed by atoms with van der Waals surface area (Å²) in [6, 6.07) is 61.1. The first-order chi connectivity index (χ1) is 23.8. The summed E-state index contributed by atoms with van der Waals surface area (Å²) in [4.78, 5) is 5.28. The van der Waals surface area contributed by atoms with Crippen LogP contribution in [0.1, 0.15) is 0 Å². The smallest absolute Gasteiger partial charge is 0.0721 e. The quantitative estimate of drug-likeness (QED) is 0.190. The fraction of sp³-hybridized carbons (Fsp3) is 0. The first-order valence-corrected chi connectivity index (χ1v) is 17.1. The van der Waals surface area contributed by atoms with Gasteiger partial charge in [-0.1, -0.05) is 133 Å². The van der Waals surface area contributed by atoms with Crippen LogP contribution in [0.4, 0.5) is 0 Å². The second-order valence-corrected chi connectivity index (χ2v) is 13.3. The van der Waals surface area contributed by atoms with E-state index in [2.05, 4.69) is 174 Å². The summed E-state index contributed by atoms with van der Waals surface area (Å²) in [5.74, 6) is 0. The van der Waals surface area contributed by atoms with Crippen molar-refractivity contribution in [3.8, 4) is 39.3 Å². The molecule has 3 heteroatoms. The highest BCUT2D eigenvalue weighted by Crippen LogP contribution is 2.46. The third-order valence-corrected chi connectivity index (χ3v) is 10.9. The van der Waals surface area contributed by atoms with Gasteiger partial charge in [-0.2, -0.15) is 0 Å². The van der Waals surface area contributed by atoms with Gasteiger partial charge in [-0.25, -0.2) is 4.98 Å². The molecule has 0 amide bonds. The predicted octanol–water partition coefficient (Wildman–Crippen LogP) is 12.7. The summed E-state index contributed by atoms with van der Waals surface area (Å²) < 4.78 is 5.03. The number of nitrogens with zero attached hydrogens (tertiary/aromatic N) is 2. The Balaban J connectivity index is 1.26. The minimum absolute atomic E-state index is 0.975. The zero-order valence-corrected chi connectivity index (χ0v) is 26.8. The van der Waals surface area contributed by atoms with Gasteiger partial charge in [0, 0.05) is 47.8 Å². The van der Waals surface area contributed by atoms with E-state index in [-0.39, 0.29) is 0 Å². The van der Waals surface area contributed by atoms with Crippen LogP contribution in [0, 0.1) is 0 Å². The summed E-state index contributed by atoms with van der Waals surface area (Å²) in [5, 5.41) is 7.61. The maximum Gasteiger partial charge on any atom is 0.0721 e. The number of thiophene rings is 1. The number of aromatic nitrogens is 2. The van der Waals surface area contributed by atoms with Gasteiger partial charge in [-0.3, -0.25) is 0 Å². The number of fused-ring (bicyclic) bond motifs is 8. The highest BCUT2D eigenvalue weighted by Gasteiger charge is 2.19. The molecular formula is C45H28N2S. The lowest BCUT2D eigenvalue weighted by molar-refractivity contribution is 1.18. The van der Waals surface area contributed by atoms with E-state index in [0.717, 1.165) is 22.5 Å². The van der Waals surface area contributed by atoms with E-state index in [1.807, 2.05) is 11.3 Å². The maximum absolute atomic E-state index is 5.28. The molecule has 0 saturated carbocycles. The van der Waals surface area contributed by atoms with Gasteiger partial charge in [-0.05, 0) is 58.3 Å². The van der Waals surface area contributed by atoms with Gasteiger partial charge in [0.15, 0.2) is 0 Å². The zero-order valence-electron chi connectivity index (χ0n) is 26.0. The van der Waals surface area contributed by atoms with Gasteiger partial charge in [0.1, 0.15) is 0 Å². The second-order valence-electron chi connectivity index (χ2n) is 12.3. The predicted molar refractivity (Wildman–Crippen MR) is 205 cm³/mol. The SMILES string of the molecule is c1ccc(-c2cc(-c3cccc4c3sc3c4ccc4c3c3ccccc3n4-c3ccccc3)cc(-c3cccc4ccccc34)n2)cc1. The fourth-order valence-corrected chi connectivity index (χ4v) is 8.81. The number of benzene rings is 7. The van der Waals surface area contributed by atoms with E-state index >= 15 is 0 Å². The van der Waals surface area contributed by atoms with Crippen molar-refractivity contribution in [1.29, 1.82) is 0 Å². The minimum atomic E-state index is 0.975. The first-order valence-electron chi connectivity index (χ1n) is 16.3. The molecule has 0 saturated heterocycles. The third-order valence-electron chi connectivity index (χ3n) is 9.59. The molecule has 0 fully saturated rings. The van der Waals surface area contributed by atoms with E-state index < -0.39 is 0 Å². The Hall–Kier alpha value is -6.03. The van der Waals surface area contributed by atoms with Crippen LogP contribution in [0.2, 0.25) is 0 Å². The van der Waals surface area contributed by atoms with Crippen LogP contribution in [-0.4, -0.2) is 9.55 Å². The molecule has 48 heavy (non-hydrogen) atoms. The summed E-state index contributed by atoms with van der Waals surface area (Å²) in [6.45, 7) is 0. The van der Waals surface area contributed by atoms with E-state index in [9.17, 15) is 0 Å². The van der Waals surface area contributed by atoms with Crippen LogP contribution < -0.4 is 0 Å². The standard InChI is InChI=1S/C45H28N2S/c1-3-14-30(15-4-1)39-27-31(28-40(46-39)35-22-11-16-29-13-7-8-19-33(29)35)34-21-12-23-36-37-25-26-42-43(45(37)48-44(34)36)38-20-9-10-24-41(38)47(42)32-17-5-2-6-18-32/h1-28H. The maximum atomic E-state index is 5.28. The highest BCUT2D eigenvalue weighted by molar-refractivity contribution is 7.27. The summed E-state index contributed by atoms with van der Waals surface area (Å²) in [6.07, 6.45) is 0. The summed E-state index contributed by atoms with van der Waals surface area (Å²) in [5.41, 5.74) is 10.3. The molecule has 10 aromatic rings. The number of para-hydroxylation sites is 2. The molecule has 0 N–H and O–H groups in total. The number of hydrogen-bond donors (Lipinski definition) is 0. The molecule has 7 aromatic carbocycles. The van der Waals surface area contributed by atoms with Gasteiger partial charge < -0.3 is 4.57 Å². The Kier molecular flexibility index (Phi) is 6.08. The number of rotatable bonds is 4. The minimum Gasteiger partial charge on any atom is -0.309 e.